The van der Waals surface area contributed by atoms with Crippen LogP contribution in [-0.2, 0) is 20.9 Å². The second-order valence-corrected chi connectivity index (χ2v) is 6.16. The maximum atomic E-state index is 9.10. The second-order valence-electron chi connectivity index (χ2n) is 6.16. The van der Waals surface area contributed by atoms with Crippen LogP contribution in [0.25, 0.3) is 0 Å². The summed E-state index contributed by atoms with van der Waals surface area (Å²) in [6.07, 6.45) is 6.88. The Balaban J connectivity index is 0.000000450. The molecule has 140 valence electrons. The molecule has 1 aliphatic rings. The van der Waals surface area contributed by atoms with Gasteiger partial charge in [0.25, 0.3) is 0 Å². The summed E-state index contributed by atoms with van der Waals surface area (Å²) < 4.78 is 6.02. The van der Waals surface area contributed by atoms with Gasteiger partial charge < -0.3 is 19.8 Å². The quantitative estimate of drug-likeness (QED) is 0.580. The monoisotopic (exact) mass is 351 g/mol. The van der Waals surface area contributed by atoms with E-state index >= 15 is 0 Å². The number of aliphatic carboxylic acids is 2. The summed E-state index contributed by atoms with van der Waals surface area (Å²) in [6.45, 7) is 6.73. The topological polar surface area (TPSA) is 87.1 Å². The molecule has 0 bridgehead atoms. The van der Waals surface area contributed by atoms with Gasteiger partial charge in [-0.3, -0.25) is 0 Å². The Labute approximate surface area is 149 Å². The number of rotatable bonds is 7. The lowest BCUT2D eigenvalue weighted by atomic mass is 10.1. The SMILES string of the molecule is CCCCCN1CCC(OCc2ccccc2)CC1.O=C(O)C(=O)O. The van der Waals surface area contributed by atoms with Gasteiger partial charge in [-0.05, 0) is 31.4 Å². The number of hydrogen-bond donors (Lipinski definition) is 2. The van der Waals surface area contributed by atoms with Crippen molar-refractivity contribution in [1.29, 1.82) is 0 Å². The molecule has 0 radical (unpaired) electrons. The minimum atomic E-state index is -1.82. The summed E-state index contributed by atoms with van der Waals surface area (Å²) >= 11 is 0. The van der Waals surface area contributed by atoms with Crippen LogP contribution in [-0.4, -0.2) is 52.8 Å². The lowest BCUT2D eigenvalue weighted by Crippen LogP contribution is -2.37. The molecule has 0 amide bonds. The maximum Gasteiger partial charge on any atom is 0.414 e. The van der Waals surface area contributed by atoms with Crippen LogP contribution in [0.15, 0.2) is 30.3 Å². The first-order valence-corrected chi connectivity index (χ1v) is 8.87. The zero-order valence-corrected chi connectivity index (χ0v) is 14.9. The van der Waals surface area contributed by atoms with Crippen molar-refractivity contribution >= 4 is 11.9 Å². The van der Waals surface area contributed by atoms with Crippen LogP contribution in [0.3, 0.4) is 0 Å². The van der Waals surface area contributed by atoms with Crippen LogP contribution < -0.4 is 0 Å². The fraction of sp³-hybridized carbons (Fsp3) is 0.579. The molecule has 2 N–H and O–H groups in total. The van der Waals surface area contributed by atoms with Crippen molar-refractivity contribution in [3.8, 4) is 0 Å². The van der Waals surface area contributed by atoms with Crippen LogP contribution in [0, 0.1) is 0 Å². The van der Waals surface area contributed by atoms with Crippen molar-refractivity contribution in [2.24, 2.45) is 0 Å². The predicted molar refractivity (Wildman–Crippen MR) is 95.5 cm³/mol. The number of likely N-dealkylation sites (tertiary alicyclic amines) is 1. The molecule has 0 saturated carbocycles. The van der Waals surface area contributed by atoms with E-state index in [4.69, 9.17) is 24.5 Å². The molecule has 1 heterocycles. The Morgan fingerprint density at radius 3 is 2.20 bits per heavy atom. The van der Waals surface area contributed by atoms with Crippen LogP contribution in [0.2, 0.25) is 0 Å². The number of nitrogens with zero attached hydrogens (tertiary/aromatic N) is 1. The van der Waals surface area contributed by atoms with Crippen molar-refractivity contribution in [3.05, 3.63) is 35.9 Å². The average Bonchev–Trinajstić information content (AvgIpc) is 2.62. The molecule has 25 heavy (non-hydrogen) atoms. The molecule has 1 aromatic rings. The zero-order chi connectivity index (χ0) is 18.5. The number of benzene rings is 1. The van der Waals surface area contributed by atoms with Crippen molar-refractivity contribution in [1.82, 2.24) is 4.90 Å². The Kier molecular flexibility index (Phi) is 10.5. The van der Waals surface area contributed by atoms with E-state index in [0.29, 0.717) is 6.10 Å². The van der Waals surface area contributed by atoms with Gasteiger partial charge in [0.05, 0.1) is 12.7 Å². The second kappa shape index (κ2) is 12.4. The molecular formula is C19H29NO5. The Hall–Kier alpha value is -1.92. The number of carboxylic acids is 2. The van der Waals surface area contributed by atoms with Crippen LogP contribution >= 0.6 is 0 Å². The van der Waals surface area contributed by atoms with Crippen LogP contribution in [0.1, 0.15) is 44.6 Å². The van der Waals surface area contributed by atoms with E-state index in [-0.39, 0.29) is 0 Å². The molecular weight excluding hydrogens is 322 g/mol. The summed E-state index contributed by atoms with van der Waals surface area (Å²) in [6, 6.07) is 10.5. The van der Waals surface area contributed by atoms with Gasteiger partial charge >= 0.3 is 11.9 Å². The molecule has 0 spiro atoms. The van der Waals surface area contributed by atoms with Gasteiger partial charge in [-0.2, -0.15) is 0 Å². The van der Waals surface area contributed by atoms with Gasteiger partial charge in [-0.25, -0.2) is 9.59 Å². The Morgan fingerprint density at radius 1 is 1.08 bits per heavy atom. The van der Waals surface area contributed by atoms with Gasteiger partial charge in [0, 0.05) is 13.1 Å². The first kappa shape index (κ1) is 21.1. The lowest BCUT2D eigenvalue weighted by molar-refractivity contribution is -0.159. The van der Waals surface area contributed by atoms with E-state index in [0.717, 1.165) is 6.61 Å². The van der Waals surface area contributed by atoms with E-state index in [1.807, 2.05) is 0 Å². The average molecular weight is 351 g/mol. The first-order chi connectivity index (χ1) is 12.0. The Morgan fingerprint density at radius 2 is 1.68 bits per heavy atom. The van der Waals surface area contributed by atoms with Gasteiger partial charge in [0.1, 0.15) is 0 Å². The summed E-state index contributed by atoms with van der Waals surface area (Å²) in [7, 11) is 0. The number of unbranched alkanes of at least 4 members (excludes halogenated alkanes) is 2. The maximum absolute atomic E-state index is 9.10. The summed E-state index contributed by atoms with van der Waals surface area (Å²) in [5, 5.41) is 14.8. The predicted octanol–water partition coefficient (Wildman–Crippen LogP) is 3.01. The van der Waals surface area contributed by atoms with Crippen molar-refractivity contribution in [2.75, 3.05) is 19.6 Å². The standard InChI is InChI=1S/C17H27NO.C2H2O4/c1-2-3-7-12-18-13-10-17(11-14-18)19-15-16-8-5-4-6-9-16;3-1(4)2(5)6/h4-6,8-9,17H,2-3,7,10-15H2,1H3;(H,3,4)(H,5,6). The molecule has 2 rings (SSSR count). The highest BCUT2D eigenvalue weighted by Gasteiger charge is 2.19. The first-order valence-electron chi connectivity index (χ1n) is 8.87. The molecule has 1 aliphatic heterocycles. The molecule has 1 saturated heterocycles. The highest BCUT2D eigenvalue weighted by atomic mass is 16.5. The molecule has 6 heteroatoms. The number of ether oxygens (including phenoxy) is 1. The third-order valence-electron chi connectivity index (χ3n) is 4.12. The third kappa shape index (κ3) is 9.84. The normalized spacial score (nSPS) is 15.2. The van der Waals surface area contributed by atoms with Crippen molar-refractivity contribution in [3.63, 3.8) is 0 Å². The largest absolute Gasteiger partial charge is 0.473 e. The minimum absolute atomic E-state index is 0.461. The summed E-state index contributed by atoms with van der Waals surface area (Å²) in [4.78, 5) is 20.8. The van der Waals surface area contributed by atoms with Crippen LogP contribution in [0.4, 0.5) is 0 Å². The van der Waals surface area contributed by atoms with Gasteiger partial charge in [0.2, 0.25) is 0 Å². The number of hydrogen-bond acceptors (Lipinski definition) is 4. The lowest BCUT2D eigenvalue weighted by Gasteiger charge is -2.31. The number of carbonyl (C=O) groups is 2. The van der Waals surface area contributed by atoms with E-state index in [1.54, 1.807) is 0 Å². The highest BCUT2D eigenvalue weighted by Crippen LogP contribution is 2.16. The number of piperidine rings is 1. The van der Waals surface area contributed by atoms with Crippen molar-refractivity contribution < 1.29 is 24.5 Å². The van der Waals surface area contributed by atoms with Gasteiger partial charge in [-0.1, -0.05) is 50.1 Å². The summed E-state index contributed by atoms with van der Waals surface area (Å²) in [5.41, 5.74) is 1.29. The van der Waals surface area contributed by atoms with E-state index in [9.17, 15) is 0 Å². The Bertz CT molecular complexity index is 486. The molecule has 0 atom stereocenters. The zero-order valence-electron chi connectivity index (χ0n) is 14.9. The molecule has 0 aromatic heterocycles. The third-order valence-corrected chi connectivity index (χ3v) is 4.12. The minimum Gasteiger partial charge on any atom is -0.473 e. The molecule has 1 aromatic carbocycles. The van der Waals surface area contributed by atoms with Gasteiger partial charge in [0.15, 0.2) is 0 Å². The van der Waals surface area contributed by atoms with E-state index < -0.39 is 11.9 Å². The van der Waals surface area contributed by atoms with Crippen molar-refractivity contribution in [2.45, 2.75) is 51.7 Å². The van der Waals surface area contributed by atoms with E-state index in [1.165, 1.54) is 57.3 Å². The molecule has 1 fully saturated rings. The molecule has 6 nitrogen and oxygen atoms in total. The summed E-state index contributed by atoms with van der Waals surface area (Å²) in [5.74, 6) is -3.65. The number of carboxylic acid groups (broad SMARTS) is 2. The fourth-order valence-electron chi connectivity index (χ4n) is 2.67. The van der Waals surface area contributed by atoms with E-state index in [2.05, 4.69) is 42.2 Å². The fourth-order valence-corrected chi connectivity index (χ4v) is 2.67. The smallest absolute Gasteiger partial charge is 0.414 e. The molecule has 0 aliphatic carbocycles. The molecule has 0 unspecified atom stereocenters. The highest BCUT2D eigenvalue weighted by molar-refractivity contribution is 6.27. The van der Waals surface area contributed by atoms with Gasteiger partial charge in [-0.15, -0.1) is 0 Å². The van der Waals surface area contributed by atoms with Crippen LogP contribution in [0.5, 0.6) is 0 Å².